The highest BCUT2D eigenvalue weighted by Gasteiger charge is 2.09. The summed E-state index contributed by atoms with van der Waals surface area (Å²) in [7, 11) is 0. The molecule has 0 aliphatic carbocycles. The van der Waals surface area contributed by atoms with Crippen molar-refractivity contribution in [3.63, 3.8) is 0 Å². The molecular weight excluding hydrogens is 452 g/mol. The van der Waals surface area contributed by atoms with E-state index in [0.29, 0.717) is 50.1 Å². The van der Waals surface area contributed by atoms with E-state index in [1.165, 1.54) is 0 Å². The van der Waals surface area contributed by atoms with Crippen molar-refractivity contribution in [3.8, 4) is 17.2 Å². The fourth-order valence-electron chi connectivity index (χ4n) is 2.90. The molecule has 2 N–H and O–H groups in total. The number of rotatable bonds is 12. The van der Waals surface area contributed by atoms with Crippen LogP contribution >= 0.6 is 12.2 Å². The first-order chi connectivity index (χ1) is 16.6. The van der Waals surface area contributed by atoms with Crippen molar-refractivity contribution in [1.29, 1.82) is 0 Å². The molecule has 0 saturated carbocycles. The number of amides is 1. The van der Waals surface area contributed by atoms with Gasteiger partial charge in [0.25, 0.3) is 5.91 Å². The zero-order chi connectivity index (χ0) is 24.0. The first kappa shape index (κ1) is 25.0. The van der Waals surface area contributed by atoms with Crippen LogP contribution in [0, 0.1) is 0 Å². The lowest BCUT2D eigenvalue weighted by Gasteiger charge is -2.12. The summed E-state index contributed by atoms with van der Waals surface area (Å²) in [6.07, 6.45) is 0. The molecule has 3 rings (SSSR count). The van der Waals surface area contributed by atoms with Crippen molar-refractivity contribution in [3.05, 3.63) is 84.4 Å². The van der Waals surface area contributed by atoms with Crippen LogP contribution in [0.5, 0.6) is 17.2 Å². The second-order valence-corrected chi connectivity index (χ2v) is 7.42. The van der Waals surface area contributed by atoms with Crippen LogP contribution in [0.25, 0.3) is 0 Å². The molecule has 0 fully saturated rings. The third-order valence-corrected chi connectivity index (χ3v) is 4.70. The third-order valence-electron chi connectivity index (χ3n) is 4.50. The van der Waals surface area contributed by atoms with Crippen LogP contribution in [-0.2, 0) is 4.74 Å². The molecule has 0 bridgehead atoms. The van der Waals surface area contributed by atoms with E-state index in [0.717, 1.165) is 11.4 Å². The van der Waals surface area contributed by atoms with E-state index < -0.39 is 0 Å². The Bertz CT molecular complexity index is 1040. The SMILES string of the molecule is CCOCCOc1cccc(C(=O)NC(=S)Nc2ccc(OCCOc3ccccc3)cc2)c1. The van der Waals surface area contributed by atoms with E-state index in [9.17, 15) is 4.79 Å². The van der Waals surface area contributed by atoms with Gasteiger partial charge < -0.3 is 24.3 Å². The Kier molecular flexibility index (Phi) is 10.2. The van der Waals surface area contributed by atoms with Crippen LogP contribution in [0.4, 0.5) is 5.69 Å². The van der Waals surface area contributed by atoms with Crippen molar-refractivity contribution in [2.75, 3.05) is 38.4 Å². The van der Waals surface area contributed by atoms with Gasteiger partial charge in [-0.15, -0.1) is 0 Å². The number of hydrogen-bond acceptors (Lipinski definition) is 6. The first-order valence-electron chi connectivity index (χ1n) is 11.0. The van der Waals surface area contributed by atoms with E-state index in [2.05, 4.69) is 10.6 Å². The summed E-state index contributed by atoms with van der Waals surface area (Å²) >= 11 is 5.27. The number of anilines is 1. The van der Waals surface area contributed by atoms with Crippen LogP contribution in [-0.4, -0.2) is 44.1 Å². The monoisotopic (exact) mass is 480 g/mol. The Morgan fingerprint density at radius 1 is 0.765 bits per heavy atom. The minimum Gasteiger partial charge on any atom is -0.491 e. The molecule has 0 atom stereocenters. The van der Waals surface area contributed by atoms with Gasteiger partial charge in [0.2, 0.25) is 0 Å². The second-order valence-electron chi connectivity index (χ2n) is 7.02. The minimum atomic E-state index is -0.328. The average Bonchev–Trinajstić information content (AvgIpc) is 2.86. The molecule has 34 heavy (non-hydrogen) atoms. The summed E-state index contributed by atoms with van der Waals surface area (Å²) < 4.78 is 22.1. The summed E-state index contributed by atoms with van der Waals surface area (Å²) in [4.78, 5) is 12.5. The molecule has 178 valence electrons. The van der Waals surface area contributed by atoms with Gasteiger partial charge in [-0.3, -0.25) is 10.1 Å². The quantitative estimate of drug-likeness (QED) is 0.288. The molecule has 3 aromatic carbocycles. The highest BCUT2D eigenvalue weighted by atomic mass is 32.1. The van der Waals surface area contributed by atoms with Gasteiger partial charge in [-0.25, -0.2) is 0 Å². The number of thiocarbonyl (C=S) groups is 1. The number of ether oxygens (including phenoxy) is 4. The largest absolute Gasteiger partial charge is 0.491 e. The van der Waals surface area contributed by atoms with Crippen molar-refractivity contribution in [2.24, 2.45) is 0 Å². The molecule has 8 heteroatoms. The van der Waals surface area contributed by atoms with E-state index in [-0.39, 0.29) is 11.0 Å². The van der Waals surface area contributed by atoms with Gasteiger partial charge in [0, 0.05) is 17.9 Å². The van der Waals surface area contributed by atoms with E-state index >= 15 is 0 Å². The second kappa shape index (κ2) is 13.8. The summed E-state index contributed by atoms with van der Waals surface area (Å²) in [5.41, 5.74) is 1.17. The van der Waals surface area contributed by atoms with E-state index in [1.54, 1.807) is 24.3 Å². The molecule has 0 saturated heterocycles. The zero-order valence-corrected chi connectivity index (χ0v) is 19.8. The number of carbonyl (C=O) groups is 1. The molecule has 3 aromatic rings. The molecular formula is C26H28N2O5S. The summed E-state index contributed by atoms with van der Waals surface area (Å²) in [6.45, 7) is 4.33. The number of nitrogens with one attached hydrogen (secondary N) is 2. The maximum atomic E-state index is 12.5. The molecule has 0 aromatic heterocycles. The van der Waals surface area contributed by atoms with Crippen LogP contribution < -0.4 is 24.8 Å². The van der Waals surface area contributed by atoms with Crippen LogP contribution in [0.2, 0.25) is 0 Å². The maximum absolute atomic E-state index is 12.5. The lowest BCUT2D eigenvalue weighted by molar-refractivity contribution is 0.0976. The van der Waals surface area contributed by atoms with Crippen molar-refractivity contribution in [2.45, 2.75) is 6.92 Å². The van der Waals surface area contributed by atoms with Gasteiger partial charge in [-0.2, -0.15) is 0 Å². The van der Waals surface area contributed by atoms with Gasteiger partial charge in [0.1, 0.15) is 37.1 Å². The summed E-state index contributed by atoms with van der Waals surface area (Å²) in [5, 5.41) is 5.86. The van der Waals surface area contributed by atoms with Crippen LogP contribution in [0.1, 0.15) is 17.3 Å². The molecule has 0 heterocycles. The molecule has 0 radical (unpaired) electrons. The Morgan fingerprint density at radius 3 is 2.09 bits per heavy atom. The Labute approximate surface area is 205 Å². The summed E-state index contributed by atoms with van der Waals surface area (Å²) in [6, 6.07) is 23.8. The number of hydrogen-bond donors (Lipinski definition) is 2. The predicted octanol–water partition coefficient (Wildman–Crippen LogP) is 4.69. The first-order valence-corrected chi connectivity index (χ1v) is 11.4. The van der Waals surface area contributed by atoms with Crippen LogP contribution in [0.3, 0.4) is 0 Å². The minimum absolute atomic E-state index is 0.192. The third kappa shape index (κ3) is 8.73. The highest BCUT2D eigenvalue weighted by molar-refractivity contribution is 7.80. The molecule has 1 amide bonds. The fraction of sp³-hybridized carbons (Fsp3) is 0.231. The smallest absolute Gasteiger partial charge is 0.257 e. The number of benzene rings is 3. The molecule has 0 unspecified atom stereocenters. The zero-order valence-electron chi connectivity index (χ0n) is 19.0. The number of para-hydroxylation sites is 1. The van der Waals surface area contributed by atoms with E-state index in [4.69, 9.17) is 31.2 Å². The Balaban J connectivity index is 1.40. The maximum Gasteiger partial charge on any atom is 0.257 e. The van der Waals surface area contributed by atoms with Gasteiger partial charge in [0.15, 0.2) is 5.11 Å². The van der Waals surface area contributed by atoms with Gasteiger partial charge in [-0.05, 0) is 73.7 Å². The average molecular weight is 481 g/mol. The molecule has 0 spiro atoms. The van der Waals surface area contributed by atoms with E-state index in [1.807, 2.05) is 61.5 Å². The van der Waals surface area contributed by atoms with Crippen LogP contribution in [0.15, 0.2) is 78.9 Å². The van der Waals surface area contributed by atoms with Crippen molar-refractivity contribution >= 4 is 28.9 Å². The summed E-state index contributed by atoms with van der Waals surface area (Å²) in [5.74, 6) is 1.78. The molecule has 0 aliphatic heterocycles. The van der Waals surface area contributed by atoms with Gasteiger partial charge in [-0.1, -0.05) is 24.3 Å². The lowest BCUT2D eigenvalue weighted by atomic mass is 10.2. The standard InChI is InChI=1S/C26H28N2O5S/c1-2-30-15-16-33-24-10-6-7-20(19-24)25(29)28-26(34)27-21-11-13-23(14-12-21)32-18-17-31-22-8-4-3-5-9-22/h3-14,19H,2,15-18H2,1H3,(H2,27,28,29,34). The van der Waals surface area contributed by atoms with Crippen molar-refractivity contribution < 1.29 is 23.7 Å². The molecule has 0 aliphatic rings. The topological polar surface area (TPSA) is 78.1 Å². The van der Waals surface area contributed by atoms with Gasteiger partial charge >= 0.3 is 0 Å². The van der Waals surface area contributed by atoms with Crippen molar-refractivity contribution in [1.82, 2.24) is 5.32 Å². The Morgan fingerprint density at radius 2 is 1.38 bits per heavy atom. The normalized spacial score (nSPS) is 10.3. The molecule has 7 nitrogen and oxygen atoms in total. The Hall–Kier alpha value is -3.62. The van der Waals surface area contributed by atoms with Gasteiger partial charge in [0.05, 0.1) is 6.61 Å². The predicted molar refractivity (Wildman–Crippen MR) is 136 cm³/mol. The lowest BCUT2D eigenvalue weighted by Crippen LogP contribution is -2.34. The number of carbonyl (C=O) groups excluding carboxylic acids is 1. The fourth-order valence-corrected chi connectivity index (χ4v) is 3.11. The highest BCUT2D eigenvalue weighted by Crippen LogP contribution is 2.17.